The summed E-state index contributed by atoms with van der Waals surface area (Å²) in [5, 5.41) is 7.70. The highest BCUT2D eigenvalue weighted by molar-refractivity contribution is 5.94. The van der Waals surface area contributed by atoms with Crippen LogP contribution in [0.15, 0.2) is 66.7 Å². The summed E-state index contributed by atoms with van der Waals surface area (Å²) in [5.41, 5.74) is 1.25. The predicted octanol–water partition coefficient (Wildman–Crippen LogP) is 4.21. The van der Waals surface area contributed by atoms with E-state index in [-0.39, 0.29) is 18.4 Å². The third-order valence-corrected chi connectivity index (χ3v) is 3.84. The van der Waals surface area contributed by atoms with E-state index in [4.69, 9.17) is 4.74 Å². The summed E-state index contributed by atoms with van der Waals surface area (Å²) < 4.78 is 5.58. The zero-order valence-electron chi connectivity index (χ0n) is 14.5. The average Bonchev–Trinajstić information content (AvgIpc) is 2.66. The molecule has 0 radical (unpaired) electrons. The van der Waals surface area contributed by atoms with E-state index in [1.54, 1.807) is 31.2 Å². The van der Waals surface area contributed by atoms with E-state index in [1.807, 2.05) is 42.5 Å². The fourth-order valence-corrected chi connectivity index (χ4v) is 2.53. The smallest absolute Gasteiger partial charge is 0.262 e. The maximum atomic E-state index is 12.1. The number of ether oxygens (including phenoxy) is 1. The predicted molar refractivity (Wildman–Crippen MR) is 103 cm³/mol. The van der Waals surface area contributed by atoms with Crippen LogP contribution in [-0.4, -0.2) is 18.4 Å². The molecule has 0 saturated heterocycles. The van der Waals surface area contributed by atoms with Gasteiger partial charge in [-0.05, 0) is 41.1 Å². The topological polar surface area (TPSA) is 67.4 Å². The lowest BCUT2D eigenvalue weighted by atomic mass is 10.1. The highest BCUT2D eigenvalue weighted by Crippen LogP contribution is 2.20. The lowest BCUT2D eigenvalue weighted by Gasteiger charge is -2.10. The molecule has 0 atom stereocenters. The normalized spacial score (nSPS) is 10.3. The van der Waals surface area contributed by atoms with Gasteiger partial charge in [0.05, 0.1) is 0 Å². The first kappa shape index (κ1) is 17.5. The van der Waals surface area contributed by atoms with Gasteiger partial charge in [-0.1, -0.05) is 43.3 Å². The minimum absolute atomic E-state index is 0.0758. The number of fused-ring (bicyclic) bond motifs is 1. The Morgan fingerprint density at radius 2 is 1.50 bits per heavy atom. The molecular weight excluding hydrogens is 328 g/mol. The van der Waals surface area contributed by atoms with Crippen molar-refractivity contribution in [3.8, 4) is 5.75 Å². The quantitative estimate of drug-likeness (QED) is 0.701. The van der Waals surface area contributed by atoms with Crippen LogP contribution in [0.1, 0.15) is 13.3 Å². The lowest BCUT2D eigenvalue weighted by molar-refractivity contribution is -0.118. The molecule has 0 aliphatic heterocycles. The Balaban J connectivity index is 1.58. The van der Waals surface area contributed by atoms with Crippen molar-refractivity contribution in [2.45, 2.75) is 13.3 Å². The molecule has 3 aromatic rings. The van der Waals surface area contributed by atoms with Gasteiger partial charge >= 0.3 is 0 Å². The van der Waals surface area contributed by atoms with Crippen LogP contribution in [0.25, 0.3) is 10.8 Å². The lowest BCUT2D eigenvalue weighted by Crippen LogP contribution is -2.20. The largest absolute Gasteiger partial charge is 0.484 e. The van der Waals surface area contributed by atoms with E-state index in [0.717, 1.165) is 10.8 Å². The van der Waals surface area contributed by atoms with E-state index in [1.165, 1.54) is 0 Å². The number of nitrogens with one attached hydrogen (secondary N) is 2. The van der Waals surface area contributed by atoms with Gasteiger partial charge in [0.25, 0.3) is 5.91 Å². The van der Waals surface area contributed by atoms with Crippen LogP contribution in [0.2, 0.25) is 0 Å². The molecule has 0 unspecified atom stereocenters. The summed E-state index contributed by atoms with van der Waals surface area (Å²) in [6, 6.07) is 20.7. The molecule has 132 valence electrons. The molecule has 0 aromatic heterocycles. The molecule has 2 amide bonds. The number of carbonyl (C=O) groups excluding carboxylic acids is 2. The van der Waals surface area contributed by atoms with Crippen LogP contribution >= 0.6 is 0 Å². The monoisotopic (exact) mass is 348 g/mol. The van der Waals surface area contributed by atoms with Gasteiger partial charge in [0, 0.05) is 17.8 Å². The van der Waals surface area contributed by atoms with Crippen LogP contribution in [0.4, 0.5) is 11.4 Å². The summed E-state index contributed by atoms with van der Waals surface area (Å²) >= 11 is 0. The fraction of sp³-hybridized carbons (Fsp3) is 0.143. The third-order valence-electron chi connectivity index (χ3n) is 3.84. The zero-order valence-corrected chi connectivity index (χ0v) is 14.5. The van der Waals surface area contributed by atoms with Crippen LogP contribution < -0.4 is 15.4 Å². The number of carbonyl (C=O) groups is 2. The number of rotatable bonds is 6. The van der Waals surface area contributed by atoms with Crippen molar-refractivity contribution in [2.75, 3.05) is 17.2 Å². The molecule has 0 heterocycles. The summed E-state index contributed by atoms with van der Waals surface area (Å²) in [4.78, 5) is 23.6. The highest BCUT2D eigenvalue weighted by atomic mass is 16.5. The molecule has 3 aromatic carbocycles. The van der Waals surface area contributed by atoms with Crippen LogP contribution in [0.3, 0.4) is 0 Å². The molecule has 0 aliphatic carbocycles. The van der Waals surface area contributed by atoms with E-state index in [9.17, 15) is 9.59 Å². The molecule has 5 heteroatoms. The molecule has 2 N–H and O–H groups in total. The minimum Gasteiger partial charge on any atom is -0.484 e. The van der Waals surface area contributed by atoms with Crippen LogP contribution in [0.5, 0.6) is 5.75 Å². The summed E-state index contributed by atoms with van der Waals surface area (Å²) in [6.45, 7) is 1.69. The van der Waals surface area contributed by atoms with Crippen molar-refractivity contribution in [3.05, 3.63) is 66.7 Å². The molecule has 0 bridgehead atoms. The summed E-state index contributed by atoms with van der Waals surface area (Å²) in [7, 11) is 0. The Morgan fingerprint density at radius 3 is 2.23 bits per heavy atom. The van der Waals surface area contributed by atoms with Gasteiger partial charge in [-0.2, -0.15) is 0 Å². The maximum absolute atomic E-state index is 12.1. The first-order valence-corrected chi connectivity index (χ1v) is 8.45. The Bertz CT molecular complexity index is 937. The minimum atomic E-state index is -0.267. The molecule has 26 heavy (non-hydrogen) atoms. The molecule has 0 spiro atoms. The second kappa shape index (κ2) is 8.16. The van der Waals surface area contributed by atoms with Gasteiger partial charge < -0.3 is 15.4 Å². The van der Waals surface area contributed by atoms with E-state index < -0.39 is 0 Å². The third kappa shape index (κ3) is 4.60. The van der Waals surface area contributed by atoms with Crippen molar-refractivity contribution in [2.24, 2.45) is 0 Å². The van der Waals surface area contributed by atoms with Crippen LogP contribution in [-0.2, 0) is 9.59 Å². The van der Waals surface area contributed by atoms with Gasteiger partial charge in [0.1, 0.15) is 5.75 Å². The SMILES string of the molecule is CCC(=O)Nc1cccc(NC(=O)COc2ccc3ccccc3c2)c1. The second-order valence-electron chi connectivity index (χ2n) is 5.83. The fourth-order valence-electron chi connectivity index (χ4n) is 2.53. The van der Waals surface area contributed by atoms with Crippen molar-refractivity contribution in [3.63, 3.8) is 0 Å². The maximum Gasteiger partial charge on any atom is 0.262 e. The molecule has 0 saturated carbocycles. The van der Waals surface area contributed by atoms with Crippen LogP contribution in [0, 0.1) is 0 Å². The van der Waals surface area contributed by atoms with Gasteiger partial charge in [-0.25, -0.2) is 0 Å². The van der Waals surface area contributed by atoms with E-state index in [2.05, 4.69) is 10.6 Å². The summed E-state index contributed by atoms with van der Waals surface area (Å²) in [5.74, 6) is 0.299. The Kier molecular flexibility index (Phi) is 5.49. The Labute approximate surface area is 152 Å². The average molecular weight is 348 g/mol. The van der Waals surface area contributed by atoms with Gasteiger partial charge in [0.15, 0.2) is 6.61 Å². The molecule has 3 rings (SSSR count). The summed E-state index contributed by atoms with van der Waals surface area (Å²) in [6.07, 6.45) is 0.399. The number of benzene rings is 3. The molecule has 0 aliphatic rings. The molecule has 5 nitrogen and oxygen atoms in total. The van der Waals surface area contributed by atoms with Gasteiger partial charge in [-0.3, -0.25) is 9.59 Å². The number of hydrogen-bond donors (Lipinski definition) is 2. The molecule has 0 fully saturated rings. The number of hydrogen-bond acceptors (Lipinski definition) is 3. The first-order chi connectivity index (χ1) is 12.6. The standard InChI is InChI=1S/C21H20N2O3/c1-2-20(24)22-17-8-5-9-18(13-17)23-21(25)14-26-19-11-10-15-6-3-4-7-16(15)12-19/h3-13H,2,14H2,1H3,(H,22,24)(H,23,25). The van der Waals surface area contributed by atoms with Crippen molar-refractivity contribution >= 4 is 34.0 Å². The second-order valence-corrected chi connectivity index (χ2v) is 5.83. The van der Waals surface area contributed by atoms with Gasteiger partial charge in [0.2, 0.25) is 5.91 Å². The Morgan fingerprint density at radius 1 is 0.808 bits per heavy atom. The first-order valence-electron chi connectivity index (χ1n) is 8.45. The highest BCUT2D eigenvalue weighted by Gasteiger charge is 2.06. The zero-order chi connectivity index (χ0) is 18.4. The molecular formula is C21H20N2O3. The number of amides is 2. The van der Waals surface area contributed by atoms with Crippen molar-refractivity contribution < 1.29 is 14.3 Å². The van der Waals surface area contributed by atoms with Crippen molar-refractivity contribution in [1.82, 2.24) is 0 Å². The van der Waals surface area contributed by atoms with Gasteiger partial charge in [-0.15, -0.1) is 0 Å². The van der Waals surface area contributed by atoms with E-state index in [0.29, 0.717) is 23.5 Å². The Hall–Kier alpha value is -3.34. The van der Waals surface area contributed by atoms with Crippen molar-refractivity contribution in [1.29, 1.82) is 0 Å². The number of anilines is 2. The van der Waals surface area contributed by atoms with E-state index >= 15 is 0 Å².